The van der Waals surface area contributed by atoms with E-state index in [1.165, 1.54) is 17.7 Å². The fourth-order valence-electron chi connectivity index (χ4n) is 5.50. The van der Waals surface area contributed by atoms with Gasteiger partial charge in [-0.1, -0.05) is 48.0 Å². The van der Waals surface area contributed by atoms with Crippen LogP contribution in [0, 0.1) is 0 Å². The van der Waals surface area contributed by atoms with Crippen molar-refractivity contribution in [3.8, 4) is 0 Å². The zero-order valence-electron chi connectivity index (χ0n) is 21.7. The summed E-state index contributed by atoms with van der Waals surface area (Å²) in [6, 6.07) is 16.1. The number of hydrogen-bond donors (Lipinski definition) is 1. The molecule has 1 fully saturated rings. The number of alkyl halides is 4. The van der Waals surface area contributed by atoms with Crippen LogP contribution < -0.4 is 0 Å². The fraction of sp³-hybridized carbons (Fsp3) is 0.281. The number of fused-ring (bicyclic) bond motifs is 1. The number of likely N-dealkylation sites (tertiary alicyclic amines) is 1. The molecule has 40 heavy (non-hydrogen) atoms. The Morgan fingerprint density at radius 1 is 0.975 bits per heavy atom. The number of carbonyl (C=O) groups is 1. The fourth-order valence-corrected chi connectivity index (χ4v) is 5.73. The van der Waals surface area contributed by atoms with Crippen molar-refractivity contribution < 1.29 is 27.5 Å². The van der Waals surface area contributed by atoms with E-state index in [0.717, 1.165) is 59.6 Å². The van der Waals surface area contributed by atoms with Gasteiger partial charge in [-0.2, -0.15) is 13.2 Å². The van der Waals surface area contributed by atoms with Crippen LogP contribution >= 0.6 is 11.6 Å². The van der Waals surface area contributed by atoms with Crippen LogP contribution in [-0.2, 0) is 12.6 Å². The van der Waals surface area contributed by atoms with Gasteiger partial charge < -0.3 is 5.11 Å². The molecule has 0 spiro atoms. The smallest absolute Gasteiger partial charge is 0.416 e. The van der Waals surface area contributed by atoms with Crippen molar-refractivity contribution in [2.75, 3.05) is 26.3 Å². The van der Waals surface area contributed by atoms with Gasteiger partial charge in [0, 0.05) is 24.7 Å². The van der Waals surface area contributed by atoms with Crippen LogP contribution in [0.15, 0.2) is 66.2 Å². The standard InChI is InChI=1S/C32H28ClF4NO2/c33-29-12-10-25(32(35,36)37)17-28(29)27-4-1-3-23-16-24(31(39)40)9-11-26(23)30(27)22-7-5-20(6-8-22)15-21-18-38(19-21)14-2-13-34/h5-12,15-17H,1-4,13-14,18-19H2,(H,39,40). The number of carboxylic acids is 1. The van der Waals surface area contributed by atoms with Gasteiger partial charge in [0.25, 0.3) is 0 Å². The van der Waals surface area contributed by atoms with Crippen molar-refractivity contribution in [3.63, 3.8) is 0 Å². The Hall–Kier alpha value is -3.42. The van der Waals surface area contributed by atoms with E-state index in [1.807, 2.05) is 24.3 Å². The molecule has 0 aromatic heterocycles. The van der Waals surface area contributed by atoms with E-state index in [4.69, 9.17) is 11.6 Å². The van der Waals surface area contributed by atoms with E-state index in [2.05, 4.69) is 11.0 Å². The van der Waals surface area contributed by atoms with Crippen molar-refractivity contribution in [1.82, 2.24) is 4.90 Å². The van der Waals surface area contributed by atoms with Gasteiger partial charge in [-0.15, -0.1) is 0 Å². The molecule has 1 aliphatic carbocycles. The van der Waals surface area contributed by atoms with E-state index < -0.39 is 17.7 Å². The quantitative estimate of drug-likeness (QED) is 0.290. The zero-order valence-corrected chi connectivity index (χ0v) is 22.5. The maximum absolute atomic E-state index is 13.7. The van der Waals surface area contributed by atoms with Gasteiger partial charge in [-0.3, -0.25) is 9.29 Å². The highest BCUT2D eigenvalue weighted by molar-refractivity contribution is 6.32. The lowest BCUT2D eigenvalue weighted by Crippen LogP contribution is -2.40. The number of halogens is 5. The third-order valence-electron chi connectivity index (χ3n) is 7.45. The number of aryl methyl sites for hydroxylation is 1. The molecule has 3 aromatic rings. The Labute approximate surface area is 235 Å². The lowest BCUT2D eigenvalue weighted by molar-refractivity contribution is -0.137. The third kappa shape index (κ3) is 6.01. The van der Waals surface area contributed by atoms with Gasteiger partial charge in [-0.25, -0.2) is 4.79 Å². The van der Waals surface area contributed by atoms with Gasteiger partial charge in [0.15, 0.2) is 0 Å². The molecule has 0 unspecified atom stereocenters. The summed E-state index contributed by atoms with van der Waals surface area (Å²) in [6.45, 7) is 2.04. The molecular formula is C32H28ClF4NO2. The van der Waals surface area contributed by atoms with Crippen LogP contribution in [0.25, 0.3) is 17.2 Å². The molecule has 3 aromatic carbocycles. The molecule has 0 bridgehead atoms. The number of carboxylic acid groups (broad SMARTS) is 1. The van der Waals surface area contributed by atoms with Crippen molar-refractivity contribution in [3.05, 3.63) is 110 Å². The topological polar surface area (TPSA) is 40.5 Å². The van der Waals surface area contributed by atoms with Crippen LogP contribution in [0.3, 0.4) is 0 Å². The van der Waals surface area contributed by atoms with Crippen LogP contribution in [-0.4, -0.2) is 42.3 Å². The van der Waals surface area contributed by atoms with Gasteiger partial charge >= 0.3 is 12.1 Å². The maximum atomic E-state index is 13.7. The SMILES string of the molecule is O=C(O)c1ccc2c(c1)CCCC(c1cc(C(F)(F)F)ccc1Cl)=C2c1ccc(C=C2CN(CCCF)C2)cc1. The summed E-state index contributed by atoms with van der Waals surface area (Å²) in [5.74, 6) is -1.03. The monoisotopic (exact) mass is 569 g/mol. The molecule has 0 saturated carbocycles. The lowest BCUT2D eigenvalue weighted by atomic mass is 9.86. The highest BCUT2D eigenvalue weighted by atomic mass is 35.5. The molecule has 8 heteroatoms. The molecule has 1 saturated heterocycles. The predicted octanol–water partition coefficient (Wildman–Crippen LogP) is 8.41. The molecule has 0 amide bonds. The van der Waals surface area contributed by atoms with Crippen LogP contribution in [0.5, 0.6) is 0 Å². The first kappa shape index (κ1) is 28.1. The van der Waals surface area contributed by atoms with Crippen molar-refractivity contribution >= 4 is 34.8 Å². The largest absolute Gasteiger partial charge is 0.478 e. The normalized spacial score (nSPS) is 15.9. The molecular weight excluding hydrogens is 542 g/mol. The van der Waals surface area contributed by atoms with E-state index in [-0.39, 0.29) is 17.3 Å². The molecule has 208 valence electrons. The second-order valence-corrected chi connectivity index (χ2v) is 10.7. The molecule has 0 radical (unpaired) electrons. The van der Waals surface area contributed by atoms with E-state index in [0.29, 0.717) is 36.8 Å². The van der Waals surface area contributed by atoms with Crippen LogP contribution in [0.1, 0.15) is 63.0 Å². The first-order chi connectivity index (χ1) is 19.1. The molecule has 5 rings (SSSR count). The summed E-state index contributed by atoms with van der Waals surface area (Å²) in [7, 11) is 0. The second-order valence-electron chi connectivity index (χ2n) is 10.3. The summed E-state index contributed by atoms with van der Waals surface area (Å²) in [4.78, 5) is 13.8. The third-order valence-corrected chi connectivity index (χ3v) is 7.78. The van der Waals surface area contributed by atoms with Gasteiger partial charge in [0.05, 0.1) is 17.8 Å². The Kier molecular flexibility index (Phi) is 8.15. The molecule has 3 nitrogen and oxygen atoms in total. The first-order valence-corrected chi connectivity index (χ1v) is 13.6. The van der Waals surface area contributed by atoms with Gasteiger partial charge in [0.2, 0.25) is 0 Å². The average Bonchev–Trinajstić information content (AvgIpc) is 3.09. The lowest BCUT2D eigenvalue weighted by Gasteiger charge is -2.33. The van der Waals surface area contributed by atoms with Gasteiger partial charge in [0.1, 0.15) is 0 Å². The second kappa shape index (κ2) is 11.6. The number of nitrogens with zero attached hydrogens (tertiary/aromatic N) is 1. The Morgan fingerprint density at radius 2 is 1.73 bits per heavy atom. The summed E-state index contributed by atoms with van der Waals surface area (Å²) < 4.78 is 53.4. The summed E-state index contributed by atoms with van der Waals surface area (Å²) in [5, 5.41) is 9.77. The minimum Gasteiger partial charge on any atom is -0.478 e. The number of hydrogen-bond acceptors (Lipinski definition) is 2. The number of benzene rings is 3. The number of rotatable bonds is 7. The minimum atomic E-state index is -4.52. The van der Waals surface area contributed by atoms with Crippen molar-refractivity contribution in [2.45, 2.75) is 31.9 Å². The number of aromatic carboxylic acids is 1. The summed E-state index contributed by atoms with van der Waals surface area (Å²) in [6.07, 6.45) is -0.182. The van der Waals surface area contributed by atoms with E-state index in [9.17, 15) is 27.5 Å². The Bertz CT molecular complexity index is 1480. The highest BCUT2D eigenvalue weighted by Crippen LogP contribution is 2.43. The zero-order chi connectivity index (χ0) is 28.4. The van der Waals surface area contributed by atoms with Crippen LogP contribution in [0.4, 0.5) is 17.6 Å². The Balaban J connectivity index is 1.60. The van der Waals surface area contributed by atoms with Crippen molar-refractivity contribution in [1.29, 1.82) is 0 Å². The molecule has 1 heterocycles. The molecule has 2 aliphatic rings. The van der Waals surface area contributed by atoms with Crippen LogP contribution in [0.2, 0.25) is 5.02 Å². The van der Waals surface area contributed by atoms with Crippen molar-refractivity contribution in [2.24, 2.45) is 0 Å². The van der Waals surface area contributed by atoms with Gasteiger partial charge in [-0.05, 0) is 101 Å². The average molecular weight is 570 g/mol. The maximum Gasteiger partial charge on any atom is 0.416 e. The molecule has 1 aliphatic heterocycles. The highest BCUT2D eigenvalue weighted by Gasteiger charge is 2.32. The number of allylic oxidation sites excluding steroid dienone is 1. The summed E-state index contributed by atoms with van der Waals surface area (Å²) >= 11 is 6.52. The first-order valence-electron chi connectivity index (χ1n) is 13.2. The molecule has 0 atom stereocenters. The molecule has 1 N–H and O–H groups in total. The minimum absolute atomic E-state index is 0.168. The van der Waals surface area contributed by atoms with E-state index >= 15 is 0 Å². The predicted molar refractivity (Wildman–Crippen MR) is 150 cm³/mol. The van der Waals surface area contributed by atoms with E-state index in [1.54, 1.807) is 12.1 Å². The Morgan fingerprint density at radius 3 is 2.40 bits per heavy atom. The summed E-state index contributed by atoms with van der Waals surface area (Å²) in [5.41, 5.74) is 5.88.